The Bertz CT molecular complexity index is 561. The van der Waals surface area contributed by atoms with E-state index in [1.807, 2.05) is 0 Å². The Morgan fingerprint density at radius 1 is 0.778 bits per heavy atom. The number of benzene rings is 2. The Kier molecular flexibility index (Phi) is 2.19. The standard InChI is InChI=1S/C17H16O/c1-2-6-12(7-3-1)13-10-11-15-14-8-4-5-9-16(14)18-17(13)15/h1-9,13,15,17H,10-11H2. The van der Waals surface area contributed by atoms with Gasteiger partial charge < -0.3 is 4.74 Å². The summed E-state index contributed by atoms with van der Waals surface area (Å²) in [5, 5.41) is 0. The summed E-state index contributed by atoms with van der Waals surface area (Å²) in [6.07, 6.45) is 2.85. The van der Waals surface area contributed by atoms with Crippen molar-refractivity contribution in [3.05, 3.63) is 65.7 Å². The van der Waals surface area contributed by atoms with Crippen molar-refractivity contribution in [2.45, 2.75) is 30.8 Å². The Labute approximate surface area is 107 Å². The molecular weight excluding hydrogens is 220 g/mol. The minimum atomic E-state index is 0.352. The second kappa shape index (κ2) is 3.88. The van der Waals surface area contributed by atoms with E-state index in [4.69, 9.17) is 4.74 Å². The molecule has 1 fully saturated rings. The van der Waals surface area contributed by atoms with Crippen molar-refractivity contribution in [1.29, 1.82) is 0 Å². The highest BCUT2D eigenvalue weighted by molar-refractivity contribution is 5.44. The molecule has 4 rings (SSSR count). The third-order valence-corrected chi connectivity index (χ3v) is 4.39. The number of rotatable bonds is 1. The van der Waals surface area contributed by atoms with E-state index in [-0.39, 0.29) is 0 Å². The summed E-state index contributed by atoms with van der Waals surface area (Å²) in [5.41, 5.74) is 2.85. The van der Waals surface area contributed by atoms with Crippen LogP contribution in [0.25, 0.3) is 0 Å². The highest BCUT2D eigenvalue weighted by atomic mass is 16.5. The zero-order chi connectivity index (χ0) is 11.9. The molecule has 0 radical (unpaired) electrons. The predicted molar refractivity (Wildman–Crippen MR) is 72.0 cm³/mol. The average molecular weight is 236 g/mol. The molecule has 0 spiro atoms. The first-order chi connectivity index (χ1) is 8.93. The molecule has 90 valence electrons. The molecule has 1 saturated carbocycles. The largest absolute Gasteiger partial charge is 0.489 e. The summed E-state index contributed by atoms with van der Waals surface area (Å²) in [7, 11) is 0. The quantitative estimate of drug-likeness (QED) is 0.724. The van der Waals surface area contributed by atoms with Gasteiger partial charge >= 0.3 is 0 Å². The lowest BCUT2D eigenvalue weighted by Crippen LogP contribution is -2.20. The van der Waals surface area contributed by atoms with Crippen LogP contribution in [-0.2, 0) is 0 Å². The van der Waals surface area contributed by atoms with Gasteiger partial charge in [-0.25, -0.2) is 0 Å². The van der Waals surface area contributed by atoms with Gasteiger partial charge in [-0.1, -0.05) is 48.5 Å². The van der Waals surface area contributed by atoms with E-state index in [0.29, 0.717) is 17.9 Å². The fraction of sp³-hybridized carbons (Fsp3) is 0.294. The summed E-state index contributed by atoms with van der Waals surface area (Å²) >= 11 is 0. The normalized spacial score (nSPS) is 28.6. The summed E-state index contributed by atoms with van der Waals surface area (Å²) in [4.78, 5) is 0. The molecule has 1 aliphatic carbocycles. The molecule has 3 unspecified atom stereocenters. The number of fused-ring (bicyclic) bond motifs is 3. The van der Waals surface area contributed by atoms with Crippen LogP contribution in [0, 0.1) is 0 Å². The lowest BCUT2D eigenvalue weighted by molar-refractivity contribution is 0.204. The fourth-order valence-electron chi connectivity index (χ4n) is 3.56. The molecule has 0 bridgehead atoms. The van der Waals surface area contributed by atoms with Gasteiger partial charge in [0, 0.05) is 17.4 Å². The molecule has 1 heteroatoms. The number of hydrogen-bond acceptors (Lipinski definition) is 1. The summed E-state index contributed by atoms with van der Waals surface area (Å²) in [6.45, 7) is 0. The first kappa shape index (κ1) is 10.2. The van der Waals surface area contributed by atoms with Crippen LogP contribution in [0.3, 0.4) is 0 Å². The van der Waals surface area contributed by atoms with Crippen LogP contribution < -0.4 is 4.74 Å². The van der Waals surface area contributed by atoms with Crippen molar-refractivity contribution >= 4 is 0 Å². The predicted octanol–water partition coefficient (Wildman–Crippen LogP) is 4.11. The maximum absolute atomic E-state index is 6.20. The smallest absolute Gasteiger partial charge is 0.123 e. The van der Waals surface area contributed by atoms with Crippen LogP contribution in [0.15, 0.2) is 54.6 Å². The summed E-state index contributed by atoms with van der Waals surface area (Å²) in [5.74, 6) is 2.27. The van der Waals surface area contributed by atoms with Crippen LogP contribution >= 0.6 is 0 Å². The molecule has 0 aromatic heterocycles. The maximum atomic E-state index is 6.20. The fourth-order valence-corrected chi connectivity index (χ4v) is 3.56. The lowest BCUT2D eigenvalue weighted by atomic mass is 9.92. The minimum Gasteiger partial charge on any atom is -0.489 e. The zero-order valence-electron chi connectivity index (χ0n) is 10.3. The Balaban J connectivity index is 1.70. The Hall–Kier alpha value is -1.76. The molecule has 2 aliphatic rings. The van der Waals surface area contributed by atoms with Crippen molar-refractivity contribution < 1.29 is 4.74 Å². The van der Waals surface area contributed by atoms with E-state index < -0.39 is 0 Å². The highest BCUT2D eigenvalue weighted by Gasteiger charge is 2.44. The number of para-hydroxylation sites is 1. The van der Waals surface area contributed by atoms with Crippen molar-refractivity contribution in [3.63, 3.8) is 0 Å². The van der Waals surface area contributed by atoms with Gasteiger partial charge in [-0.3, -0.25) is 0 Å². The molecule has 3 atom stereocenters. The number of hydrogen-bond donors (Lipinski definition) is 0. The Morgan fingerprint density at radius 3 is 2.39 bits per heavy atom. The van der Waals surface area contributed by atoms with E-state index in [1.54, 1.807) is 0 Å². The van der Waals surface area contributed by atoms with E-state index in [9.17, 15) is 0 Å². The van der Waals surface area contributed by atoms with Crippen LogP contribution in [0.1, 0.15) is 35.8 Å². The maximum Gasteiger partial charge on any atom is 0.123 e. The van der Waals surface area contributed by atoms with Gasteiger partial charge in [-0.05, 0) is 24.5 Å². The van der Waals surface area contributed by atoms with Crippen LogP contribution in [-0.4, -0.2) is 6.10 Å². The van der Waals surface area contributed by atoms with Gasteiger partial charge in [-0.2, -0.15) is 0 Å². The minimum absolute atomic E-state index is 0.352. The highest BCUT2D eigenvalue weighted by Crippen LogP contribution is 2.52. The molecule has 1 heterocycles. The third kappa shape index (κ3) is 1.40. The van der Waals surface area contributed by atoms with Gasteiger partial charge in [0.05, 0.1) is 0 Å². The average Bonchev–Trinajstić information content (AvgIpc) is 2.98. The van der Waals surface area contributed by atoms with Gasteiger partial charge in [0.1, 0.15) is 11.9 Å². The number of ether oxygens (including phenoxy) is 1. The molecule has 1 aliphatic heterocycles. The lowest BCUT2D eigenvalue weighted by Gasteiger charge is -2.19. The van der Waals surface area contributed by atoms with Gasteiger partial charge in [-0.15, -0.1) is 0 Å². The third-order valence-electron chi connectivity index (χ3n) is 4.39. The van der Waals surface area contributed by atoms with Crippen molar-refractivity contribution in [1.82, 2.24) is 0 Å². The molecular formula is C17H16O. The first-order valence-electron chi connectivity index (χ1n) is 6.74. The van der Waals surface area contributed by atoms with Crippen molar-refractivity contribution in [2.75, 3.05) is 0 Å². The second-order valence-electron chi connectivity index (χ2n) is 5.32. The molecule has 1 nitrogen and oxygen atoms in total. The second-order valence-corrected chi connectivity index (χ2v) is 5.32. The molecule has 2 aromatic rings. The van der Waals surface area contributed by atoms with E-state index in [0.717, 1.165) is 5.75 Å². The Morgan fingerprint density at radius 2 is 1.50 bits per heavy atom. The topological polar surface area (TPSA) is 9.23 Å². The molecule has 0 saturated heterocycles. The van der Waals surface area contributed by atoms with E-state index in [1.165, 1.54) is 24.0 Å². The first-order valence-corrected chi connectivity index (χ1v) is 6.74. The van der Waals surface area contributed by atoms with Gasteiger partial charge in [0.25, 0.3) is 0 Å². The van der Waals surface area contributed by atoms with E-state index >= 15 is 0 Å². The molecule has 2 aromatic carbocycles. The van der Waals surface area contributed by atoms with Gasteiger partial charge in [0.2, 0.25) is 0 Å². The van der Waals surface area contributed by atoms with Gasteiger partial charge in [0.15, 0.2) is 0 Å². The molecule has 0 amide bonds. The molecule has 0 N–H and O–H groups in total. The summed E-state index contributed by atoms with van der Waals surface area (Å²) < 4.78 is 6.20. The van der Waals surface area contributed by atoms with Crippen molar-refractivity contribution in [2.24, 2.45) is 0 Å². The SMILES string of the molecule is c1ccc(C2CCC3c4ccccc4OC23)cc1. The van der Waals surface area contributed by atoms with Crippen LogP contribution in [0.5, 0.6) is 5.75 Å². The molecule has 18 heavy (non-hydrogen) atoms. The van der Waals surface area contributed by atoms with Crippen LogP contribution in [0.2, 0.25) is 0 Å². The van der Waals surface area contributed by atoms with Crippen LogP contribution in [0.4, 0.5) is 0 Å². The monoisotopic (exact) mass is 236 g/mol. The summed E-state index contributed by atoms with van der Waals surface area (Å²) in [6, 6.07) is 19.3. The van der Waals surface area contributed by atoms with Crippen molar-refractivity contribution in [3.8, 4) is 5.75 Å². The zero-order valence-corrected chi connectivity index (χ0v) is 10.3. The van der Waals surface area contributed by atoms with E-state index in [2.05, 4.69) is 54.6 Å².